The van der Waals surface area contributed by atoms with Crippen molar-refractivity contribution in [3.05, 3.63) is 70.8 Å². The Kier molecular flexibility index (Phi) is 3.60. The SMILES string of the molecule is CC(C)(C)c1ccc(C(NN)C2Cc3ccccc32)cc1. The lowest BCUT2D eigenvalue weighted by molar-refractivity contribution is 0.419. The van der Waals surface area contributed by atoms with E-state index < -0.39 is 0 Å². The smallest absolute Gasteiger partial charge is 0.0531 e. The lowest BCUT2D eigenvalue weighted by Gasteiger charge is -2.36. The van der Waals surface area contributed by atoms with Crippen LogP contribution in [0.4, 0.5) is 0 Å². The second kappa shape index (κ2) is 5.28. The minimum Gasteiger partial charge on any atom is -0.271 e. The van der Waals surface area contributed by atoms with E-state index in [4.69, 9.17) is 5.84 Å². The monoisotopic (exact) mass is 280 g/mol. The van der Waals surface area contributed by atoms with Gasteiger partial charge in [0.1, 0.15) is 0 Å². The van der Waals surface area contributed by atoms with Crippen molar-refractivity contribution in [1.82, 2.24) is 5.43 Å². The van der Waals surface area contributed by atoms with Crippen LogP contribution in [-0.4, -0.2) is 0 Å². The van der Waals surface area contributed by atoms with Gasteiger partial charge in [0, 0.05) is 5.92 Å². The maximum Gasteiger partial charge on any atom is 0.0531 e. The normalized spacial score (nSPS) is 18.8. The Morgan fingerprint density at radius 1 is 1.05 bits per heavy atom. The summed E-state index contributed by atoms with van der Waals surface area (Å²) in [6, 6.07) is 17.7. The number of nitrogens with two attached hydrogens (primary N) is 1. The van der Waals surface area contributed by atoms with Gasteiger partial charge in [-0.15, -0.1) is 0 Å². The van der Waals surface area contributed by atoms with E-state index in [2.05, 4.69) is 74.7 Å². The van der Waals surface area contributed by atoms with Crippen LogP contribution in [0.3, 0.4) is 0 Å². The number of fused-ring (bicyclic) bond motifs is 1. The summed E-state index contributed by atoms with van der Waals surface area (Å²) in [6.45, 7) is 6.72. The first-order valence-electron chi connectivity index (χ1n) is 7.65. The summed E-state index contributed by atoms with van der Waals surface area (Å²) in [5.74, 6) is 6.32. The zero-order chi connectivity index (χ0) is 15.0. The van der Waals surface area contributed by atoms with Crippen molar-refractivity contribution in [2.45, 2.75) is 44.6 Å². The molecule has 0 saturated heterocycles. The summed E-state index contributed by atoms with van der Waals surface area (Å²) >= 11 is 0. The molecule has 0 radical (unpaired) electrons. The lowest BCUT2D eigenvalue weighted by atomic mass is 9.71. The summed E-state index contributed by atoms with van der Waals surface area (Å²) in [6.07, 6.45) is 1.10. The van der Waals surface area contributed by atoms with E-state index in [9.17, 15) is 0 Å². The van der Waals surface area contributed by atoms with Gasteiger partial charge in [-0.05, 0) is 34.1 Å². The van der Waals surface area contributed by atoms with E-state index in [0.29, 0.717) is 5.92 Å². The van der Waals surface area contributed by atoms with Crippen molar-refractivity contribution in [3.8, 4) is 0 Å². The average molecular weight is 280 g/mol. The van der Waals surface area contributed by atoms with Gasteiger partial charge in [-0.3, -0.25) is 11.3 Å². The van der Waals surface area contributed by atoms with Gasteiger partial charge in [0.05, 0.1) is 6.04 Å². The van der Waals surface area contributed by atoms with Crippen molar-refractivity contribution < 1.29 is 0 Å². The highest BCUT2D eigenvalue weighted by atomic mass is 15.2. The second-order valence-corrected chi connectivity index (χ2v) is 7.03. The molecule has 1 aliphatic rings. The molecule has 0 aliphatic heterocycles. The van der Waals surface area contributed by atoms with Gasteiger partial charge in [0.25, 0.3) is 0 Å². The minimum atomic E-state index is 0.188. The first-order chi connectivity index (χ1) is 10.0. The molecule has 2 nitrogen and oxygen atoms in total. The van der Waals surface area contributed by atoms with E-state index in [1.807, 2.05) is 0 Å². The number of benzene rings is 2. The van der Waals surface area contributed by atoms with Gasteiger partial charge in [0.2, 0.25) is 0 Å². The zero-order valence-corrected chi connectivity index (χ0v) is 13.1. The predicted molar refractivity (Wildman–Crippen MR) is 88.1 cm³/mol. The minimum absolute atomic E-state index is 0.188. The molecule has 2 unspecified atom stereocenters. The summed E-state index contributed by atoms with van der Waals surface area (Å²) in [7, 11) is 0. The maximum absolute atomic E-state index is 5.85. The van der Waals surface area contributed by atoms with Crippen molar-refractivity contribution in [2.24, 2.45) is 5.84 Å². The third kappa shape index (κ3) is 2.61. The van der Waals surface area contributed by atoms with Crippen LogP contribution in [0.2, 0.25) is 0 Å². The number of hydrogen-bond donors (Lipinski definition) is 2. The highest BCUT2D eigenvalue weighted by molar-refractivity contribution is 5.43. The van der Waals surface area contributed by atoms with Crippen LogP contribution in [0.1, 0.15) is 55.0 Å². The van der Waals surface area contributed by atoms with E-state index in [1.165, 1.54) is 22.3 Å². The summed E-state index contributed by atoms with van der Waals surface area (Å²) in [5.41, 5.74) is 8.72. The number of hydrazine groups is 1. The number of nitrogens with one attached hydrogen (secondary N) is 1. The molecular weight excluding hydrogens is 256 g/mol. The van der Waals surface area contributed by atoms with Gasteiger partial charge < -0.3 is 0 Å². The van der Waals surface area contributed by atoms with Crippen molar-refractivity contribution in [3.63, 3.8) is 0 Å². The third-order valence-corrected chi connectivity index (χ3v) is 4.61. The molecule has 3 N–H and O–H groups in total. The molecule has 0 heterocycles. The average Bonchev–Trinajstić information content (AvgIpc) is 2.44. The Hall–Kier alpha value is -1.64. The topological polar surface area (TPSA) is 38.0 Å². The highest BCUT2D eigenvalue weighted by Crippen LogP contribution is 2.43. The molecule has 110 valence electrons. The molecular formula is C19H24N2. The fourth-order valence-corrected chi connectivity index (χ4v) is 3.23. The molecule has 0 saturated carbocycles. The van der Waals surface area contributed by atoms with Crippen LogP contribution in [0.25, 0.3) is 0 Å². The van der Waals surface area contributed by atoms with Crippen molar-refractivity contribution >= 4 is 0 Å². The van der Waals surface area contributed by atoms with Crippen LogP contribution in [0.15, 0.2) is 48.5 Å². The summed E-state index contributed by atoms with van der Waals surface area (Å²) in [4.78, 5) is 0. The molecule has 2 atom stereocenters. The van der Waals surface area contributed by atoms with Crippen molar-refractivity contribution in [1.29, 1.82) is 0 Å². The standard InChI is InChI=1S/C19H24N2/c1-19(2,3)15-10-8-13(9-11-15)18(21-20)17-12-14-6-4-5-7-16(14)17/h4-11,17-18,21H,12,20H2,1-3H3. The first-order valence-corrected chi connectivity index (χ1v) is 7.65. The van der Waals surface area contributed by atoms with Gasteiger partial charge in [-0.2, -0.15) is 0 Å². The Morgan fingerprint density at radius 3 is 2.29 bits per heavy atom. The van der Waals surface area contributed by atoms with Gasteiger partial charge in [-0.25, -0.2) is 0 Å². The quantitative estimate of drug-likeness (QED) is 0.662. The number of rotatable bonds is 3. The molecule has 0 amide bonds. The Labute approximate surface area is 127 Å². The molecule has 1 aliphatic carbocycles. The zero-order valence-electron chi connectivity index (χ0n) is 13.1. The molecule has 0 fully saturated rings. The summed E-state index contributed by atoms with van der Waals surface area (Å²) < 4.78 is 0. The van der Waals surface area contributed by atoms with Gasteiger partial charge in [0.15, 0.2) is 0 Å². The molecule has 2 aromatic rings. The first kappa shape index (κ1) is 14.3. The van der Waals surface area contributed by atoms with Crippen LogP contribution < -0.4 is 11.3 Å². The van der Waals surface area contributed by atoms with E-state index >= 15 is 0 Å². The van der Waals surface area contributed by atoms with Crippen LogP contribution in [0.5, 0.6) is 0 Å². The fraction of sp³-hybridized carbons (Fsp3) is 0.368. The van der Waals surface area contributed by atoms with E-state index in [1.54, 1.807) is 0 Å². The third-order valence-electron chi connectivity index (χ3n) is 4.61. The fourth-order valence-electron chi connectivity index (χ4n) is 3.23. The Morgan fingerprint density at radius 2 is 1.71 bits per heavy atom. The molecule has 0 spiro atoms. The van der Waals surface area contributed by atoms with Crippen LogP contribution in [0, 0.1) is 0 Å². The molecule has 2 heteroatoms. The Balaban J connectivity index is 1.85. The van der Waals surface area contributed by atoms with Gasteiger partial charge >= 0.3 is 0 Å². The highest BCUT2D eigenvalue weighted by Gasteiger charge is 2.33. The molecule has 0 bridgehead atoms. The Bertz CT molecular complexity index is 623. The van der Waals surface area contributed by atoms with Crippen LogP contribution in [-0.2, 0) is 11.8 Å². The largest absolute Gasteiger partial charge is 0.271 e. The summed E-state index contributed by atoms with van der Waals surface area (Å²) in [5, 5.41) is 0. The molecule has 0 aromatic heterocycles. The maximum atomic E-state index is 5.85. The van der Waals surface area contributed by atoms with E-state index in [-0.39, 0.29) is 11.5 Å². The van der Waals surface area contributed by atoms with Crippen molar-refractivity contribution in [2.75, 3.05) is 0 Å². The van der Waals surface area contributed by atoms with Crippen LogP contribution >= 0.6 is 0 Å². The molecule has 21 heavy (non-hydrogen) atoms. The predicted octanol–water partition coefficient (Wildman–Crippen LogP) is 3.83. The molecule has 2 aromatic carbocycles. The van der Waals surface area contributed by atoms with Gasteiger partial charge in [-0.1, -0.05) is 69.3 Å². The van der Waals surface area contributed by atoms with E-state index in [0.717, 1.165) is 6.42 Å². The molecule has 3 rings (SSSR count). The lowest BCUT2D eigenvalue weighted by Crippen LogP contribution is -2.37. The number of hydrogen-bond acceptors (Lipinski definition) is 2. The second-order valence-electron chi connectivity index (χ2n) is 7.03.